The number of benzene rings is 1. The van der Waals surface area contributed by atoms with E-state index in [1.807, 2.05) is 18.2 Å². The molecule has 6 heteroatoms. The molecule has 3 rings (SSSR count). The third-order valence-electron chi connectivity index (χ3n) is 4.42. The van der Waals surface area contributed by atoms with Crippen LogP contribution in [0.4, 0.5) is 0 Å². The molecular formula is C18H26N2O4. The quantitative estimate of drug-likeness (QED) is 0.815. The first kappa shape index (κ1) is 18.4. The van der Waals surface area contributed by atoms with Gasteiger partial charge in [0.05, 0.1) is 7.11 Å². The molecule has 24 heavy (non-hydrogen) atoms. The molecular weight excluding hydrogens is 308 g/mol. The van der Waals surface area contributed by atoms with E-state index >= 15 is 0 Å². The van der Waals surface area contributed by atoms with E-state index in [0.29, 0.717) is 0 Å². The second-order valence-corrected chi connectivity index (χ2v) is 6.12. The van der Waals surface area contributed by atoms with Crippen LogP contribution in [0.15, 0.2) is 30.3 Å². The van der Waals surface area contributed by atoms with Crippen LogP contribution < -0.4 is 5.32 Å². The van der Waals surface area contributed by atoms with E-state index in [-0.39, 0.29) is 18.1 Å². The Morgan fingerprint density at radius 3 is 2.54 bits per heavy atom. The highest BCUT2D eigenvalue weighted by atomic mass is 16.5. The molecule has 0 aromatic heterocycles. The number of nitrogens with one attached hydrogen (secondary N) is 1. The first-order valence-electron chi connectivity index (χ1n) is 8.44. The summed E-state index contributed by atoms with van der Waals surface area (Å²) in [6.45, 7) is 2.67. The number of methoxy groups -OCH3 is 1. The van der Waals surface area contributed by atoms with E-state index in [0.717, 1.165) is 45.3 Å². The van der Waals surface area contributed by atoms with Crippen LogP contribution in [0.3, 0.4) is 0 Å². The fourth-order valence-electron chi connectivity index (χ4n) is 3.13. The van der Waals surface area contributed by atoms with Crippen LogP contribution in [0.5, 0.6) is 0 Å². The number of carboxylic acid groups (broad SMARTS) is 1. The molecule has 0 bridgehead atoms. The summed E-state index contributed by atoms with van der Waals surface area (Å²) in [5, 5.41) is 11.2. The predicted molar refractivity (Wildman–Crippen MR) is 90.6 cm³/mol. The van der Waals surface area contributed by atoms with Gasteiger partial charge >= 0.3 is 11.9 Å². The summed E-state index contributed by atoms with van der Waals surface area (Å²) >= 11 is 0. The number of ether oxygens (including phenoxy) is 1. The number of likely N-dealkylation sites (tertiary alicyclic amines) is 1. The molecule has 0 spiro atoms. The van der Waals surface area contributed by atoms with Gasteiger partial charge in [-0.3, -0.25) is 14.5 Å². The molecule has 2 N–H and O–H groups in total. The van der Waals surface area contributed by atoms with Gasteiger partial charge in [0.15, 0.2) is 0 Å². The van der Waals surface area contributed by atoms with Crippen molar-refractivity contribution in [3.63, 3.8) is 0 Å². The zero-order valence-corrected chi connectivity index (χ0v) is 14.1. The van der Waals surface area contributed by atoms with Crippen molar-refractivity contribution >= 4 is 11.9 Å². The number of carboxylic acids is 1. The van der Waals surface area contributed by atoms with Crippen molar-refractivity contribution in [3.8, 4) is 0 Å². The first-order chi connectivity index (χ1) is 11.6. The second kappa shape index (κ2) is 9.39. The molecule has 2 saturated heterocycles. The van der Waals surface area contributed by atoms with Gasteiger partial charge in [-0.05, 0) is 44.3 Å². The Labute approximate surface area is 142 Å². The highest BCUT2D eigenvalue weighted by Gasteiger charge is 2.31. The third-order valence-corrected chi connectivity index (χ3v) is 4.42. The van der Waals surface area contributed by atoms with Crippen LogP contribution in [0.1, 0.15) is 31.2 Å². The smallest absolute Gasteiger partial charge is 0.323 e. The number of hydrogen-bond donors (Lipinski definition) is 2. The van der Waals surface area contributed by atoms with Crippen LogP contribution in [0, 0.1) is 0 Å². The fraction of sp³-hybridized carbons (Fsp3) is 0.556. The lowest BCUT2D eigenvalue weighted by Gasteiger charge is -2.22. The number of aliphatic carboxylic acids is 1. The van der Waals surface area contributed by atoms with Crippen LogP contribution in [0.25, 0.3) is 0 Å². The van der Waals surface area contributed by atoms with E-state index in [9.17, 15) is 9.59 Å². The van der Waals surface area contributed by atoms with Crippen molar-refractivity contribution < 1.29 is 19.4 Å². The molecule has 2 aliphatic heterocycles. The Bertz CT molecular complexity index is 529. The fourth-order valence-corrected chi connectivity index (χ4v) is 3.13. The highest BCUT2D eigenvalue weighted by Crippen LogP contribution is 2.20. The summed E-state index contributed by atoms with van der Waals surface area (Å²) < 4.78 is 4.82. The van der Waals surface area contributed by atoms with Crippen molar-refractivity contribution in [3.05, 3.63) is 35.9 Å². The van der Waals surface area contributed by atoms with E-state index in [1.54, 1.807) is 0 Å². The molecule has 2 fully saturated rings. The predicted octanol–water partition coefficient (Wildman–Crippen LogP) is 1.65. The van der Waals surface area contributed by atoms with Crippen LogP contribution in [-0.2, 0) is 20.9 Å². The molecule has 2 aliphatic rings. The number of esters is 1. The summed E-state index contributed by atoms with van der Waals surface area (Å²) in [7, 11) is 1.46. The van der Waals surface area contributed by atoms with Crippen molar-refractivity contribution in [1.82, 2.24) is 10.2 Å². The summed E-state index contributed by atoms with van der Waals surface area (Å²) in [6, 6.07) is 9.92. The van der Waals surface area contributed by atoms with E-state index in [1.165, 1.54) is 12.7 Å². The maximum atomic E-state index is 11.6. The molecule has 2 atom stereocenters. The van der Waals surface area contributed by atoms with E-state index in [2.05, 4.69) is 22.3 Å². The first-order valence-corrected chi connectivity index (χ1v) is 8.44. The zero-order valence-electron chi connectivity index (χ0n) is 14.1. The van der Waals surface area contributed by atoms with Crippen LogP contribution >= 0.6 is 0 Å². The van der Waals surface area contributed by atoms with Gasteiger partial charge in [0.2, 0.25) is 0 Å². The van der Waals surface area contributed by atoms with Crippen LogP contribution in [0.2, 0.25) is 0 Å². The van der Waals surface area contributed by atoms with Gasteiger partial charge in [0, 0.05) is 6.54 Å². The number of carbonyl (C=O) groups is 2. The minimum absolute atomic E-state index is 0.0507. The summed E-state index contributed by atoms with van der Waals surface area (Å²) in [4.78, 5) is 23.9. The zero-order chi connectivity index (χ0) is 17.4. The molecule has 6 nitrogen and oxygen atoms in total. The van der Waals surface area contributed by atoms with E-state index < -0.39 is 5.97 Å². The maximum absolute atomic E-state index is 11.6. The van der Waals surface area contributed by atoms with Gasteiger partial charge in [0.25, 0.3) is 0 Å². The molecule has 0 saturated carbocycles. The van der Waals surface area contributed by atoms with Crippen molar-refractivity contribution in [2.24, 2.45) is 0 Å². The summed E-state index contributed by atoms with van der Waals surface area (Å²) in [6.07, 6.45) is 3.78. The number of hydrogen-bond acceptors (Lipinski definition) is 5. The molecule has 0 radical (unpaired) electrons. The average Bonchev–Trinajstić information content (AvgIpc) is 3.27. The lowest BCUT2D eigenvalue weighted by Crippen LogP contribution is -2.36. The summed E-state index contributed by atoms with van der Waals surface area (Å²) in [5.41, 5.74) is 1.25. The molecule has 1 aromatic carbocycles. The molecule has 0 aliphatic carbocycles. The second-order valence-electron chi connectivity index (χ2n) is 6.12. The SMILES string of the molecule is COC(=O)[C@@H]1CCCN1Cc1ccccc1.O=C(O)[C@@H]1CCCN1. The Hall–Kier alpha value is -1.92. The average molecular weight is 334 g/mol. The molecule has 2 heterocycles. The number of rotatable bonds is 4. The number of nitrogens with zero attached hydrogens (tertiary/aromatic N) is 1. The van der Waals surface area contributed by atoms with Gasteiger partial charge < -0.3 is 15.2 Å². The van der Waals surface area contributed by atoms with Crippen LogP contribution in [-0.4, -0.2) is 54.2 Å². The third kappa shape index (κ3) is 5.32. The lowest BCUT2D eigenvalue weighted by molar-refractivity contribution is -0.146. The standard InChI is InChI=1S/C13H17NO2.C5H9NO2/c1-16-13(15)12-8-5-9-14(12)10-11-6-3-2-4-7-11;7-5(8)4-2-1-3-6-4/h2-4,6-7,12H,5,8-10H2,1H3;4,6H,1-3H2,(H,7,8)/t12-;4-/m00/s1. The molecule has 0 amide bonds. The minimum atomic E-state index is -0.720. The Morgan fingerprint density at radius 1 is 1.25 bits per heavy atom. The summed E-state index contributed by atoms with van der Waals surface area (Å²) in [5.74, 6) is -0.823. The lowest BCUT2D eigenvalue weighted by atomic mass is 10.2. The Balaban J connectivity index is 0.000000219. The highest BCUT2D eigenvalue weighted by molar-refractivity contribution is 5.76. The van der Waals surface area contributed by atoms with Crippen molar-refractivity contribution in [2.75, 3.05) is 20.2 Å². The monoisotopic (exact) mass is 334 g/mol. The molecule has 1 aromatic rings. The normalized spacial score (nSPS) is 23.4. The number of carbonyl (C=O) groups excluding carboxylic acids is 1. The van der Waals surface area contributed by atoms with Gasteiger partial charge in [-0.25, -0.2) is 0 Å². The van der Waals surface area contributed by atoms with Gasteiger partial charge in [-0.1, -0.05) is 30.3 Å². The Morgan fingerprint density at radius 2 is 2.00 bits per heavy atom. The topological polar surface area (TPSA) is 78.9 Å². The Kier molecular flexibility index (Phi) is 7.21. The van der Waals surface area contributed by atoms with E-state index in [4.69, 9.17) is 9.84 Å². The van der Waals surface area contributed by atoms with Crippen molar-refractivity contribution in [1.29, 1.82) is 0 Å². The van der Waals surface area contributed by atoms with Crippen molar-refractivity contribution in [2.45, 2.75) is 44.3 Å². The van der Waals surface area contributed by atoms with Gasteiger partial charge in [-0.15, -0.1) is 0 Å². The molecule has 0 unspecified atom stereocenters. The maximum Gasteiger partial charge on any atom is 0.323 e. The minimum Gasteiger partial charge on any atom is -0.480 e. The molecule has 132 valence electrons. The van der Waals surface area contributed by atoms with Gasteiger partial charge in [0.1, 0.15) is 12.1 Å². The largest absolute Gasteiger partial charge is 0.480 e. The van der Waals surface area contributed by atoms with Gasteiger partial charge in [-0.2, -0.15) is 0 Å².